The van der Waals surface area contributed by atoms with Gasteiger partial charge in [0.15, 0.2) is 5.78 Å². The van der Waals surface area contributed by atoms with E-state index in [4.69, 9.17) is 0 Å². The Hall–Kier alpha value is -3.30. The molecule has 0 bridgehead atoms. The van der Waals surface area contributed by atoms with Crippen LogP contribution in [-0.4, -0.2) is 9.99 Å². The van der Waals surface area contributed by atoms with Gasteiger partial charge in [0.2, 0.25) is 0 Å². The summed E-state index contributed by atoms with van der Waals surface area (Å²) in [5.41, 5.74) is 5.27. The molecule has 0 saturated carbocycles. The number of fused-ring (bicyclic) bond motifs is 2. The minimum atomic E-state index is -1.02. The molecule has 0 radical (unpaired) electrons. The highest BCUT2D eigenvalue weighted by Crippen LogP contribution is 2.35. The van der Waals surface area contributed by atoms with Gasteiger partial charge in [0.05, 0.1) is 10.8 Å². The Morgan fingerprint density at radius 1 is 0.688 bits per heavy atom. The van der Waals surface area contributed by atoms with Gasteiger partial charge in [-0.3, -0.25) is 4.79 Å². The SMILES string of the molecule is CC(C)c1cccc2c1Cc1ccccc1S2=O.O=C(c1ccccc1)c1ccccc1. The maximum absolute atomic E-state index is 12.6. The van der Waals surface area contributed by atoms with E-state index >= 15 is 0 Å². The molecule has 0 aromatic heterocycles. The lowest BCUT2D eigenvalue weighted by molar-refractivity contribution is 0.103. The molecule has 0 saturated heterocycles. The van der Waals surface area contributed by atoms with E-state index in [-0.39, 0.29) is 5.78 Å². The van der Waals surface area contributed by atoms with Crippen LogP contribution in [0.2, 0.25) is 0 Å². The van der Waals surface area contributed by atoms with Crippen molar-refractivity contribution in [3.8, 4) is 0 Å². The van der Waals surface area contributed by atoms with Crippen LogP contribution in [0.15, 0.2) is 113 Å². The van der Waals surface area contributed by atoms with Gasteiger partial charge in [-0.1, -0.05) is 105 Å². The molecule has 4 aromatic carbocycles. The Kier molecular flexibility index (Phi) is 6.77. The fourth-order valence-electron chi connectivity index (χ4n) is 3.97. The summed E-state index contributed by atoms with van der Waals surface area (Å²) >= 11 is 0. The van der Waals surface area contributed by atoms with Crippen LogP contribution in [0.4, 0.5) is 0 Å². The summed E-state index contributed by atoms with van der Waals surface area (Å²) in [5, 5.41) is 0. The summed E-state index contributed by atoms with van der Waals surface area (Å²) in [6.07, 6.45) is 0.908. The van der Waals surface area contributed by atoms with E-state index < -0.39 is 10.8 Å². The van der Waals surface area contributed by atoms with Crippen molar-refractivity contribution in [1.82, 2.24) is 0 Å². The molecule has 0 aliphatic carbocycles. The van der Waals surface area contributed by atoms with Gasteiger partial charge in [0, 0.05) is 27.3 Å². The molecular weight excluding hydrogens is 412 g/mol. The van der Waals surface area contributed by atoms with Gasteiger partial charge >= 0.3 is 0 Å². The molecule has 4 aromatic rings. The Balaban J connectivity index is 0.000000158. The molecule has 0 fully saturated rings. The molecule has 0 spiro atoms. The quantitative estimate of drug-likeness (QED) is 0.290. The largest absolute Gasteiger partial charge is 0.289 e. The lowest BCUT2D eigenvalue weighted by Gasteiger charge is -2.23. The summed E-state index contributed by atoms with van der Waals surface area (Å²) in [4.78, 5) is 13.8. The number of carbonyl (C=O) groups is 1. The standard InChI is InChI=1S/C16H16OS.C13H10O/c1-11(2)13-7-5-9-16-14(13)10-12-6-3-4-8-15(12)18(16)17;14-13(11-7-3-1-4-8-11)12-9-5-2-6-10-12/h3-9,11H,10H2,1-2H3;1-10H. The number of rotatable bonds is 3. The highest BCUT2D eigenvalue weighted by Gasteiger charge is 2.24. The molecule has 1 atom stereocenters. The van der Waals surface area contributed by atoms with Crippen molar-refractivity contribution >= 4 is 16.6 Å². The zero-order chi connectivity index (χ0) is 22.5. The normalized spacial score (nSPS) is 14.0. The van der Waals surface area contributed by atoms with Gasteiger partial charge in [-0.05, 0) is 34.7 Å². The lowest BCUT2D eigenvalue weighted by Crippen LogP contribution is -2.12. The summed E-state index contributed by atoms with van der Waals surface area (Å²) in [6, 6.07) is 32.9. The number of benzene rings is 4. The molecule has 0 amide bonds. The summed E-state index contributed by atoms with van der Waals surface area (Å²) < 4.78 is 12.6. The van der Waals surface area contributed by atoms with Crippen LogP contribution in [0, 0.1) is 0 Å². The predicted molar refractivity (Wildman–Crippen MR) is 131 cm³/mol. The van der Waals surface area contributed by atoms with Crippen molar-refractivity contribution in [3.63, 3.8) is 0 Å². The van der Waals surface area contributed by atoms with Gasteiger partial charge in [0.1, 0.15) is 0 Å². The van der Waals surface area contributed by atoms with Gasteiger partial charge in [-0.2, -0.15) is 0 Å². The molecule has 1 aliphatic heterocycles. The highest BCUT2D eigenvalue weighted by molar-refractivity contribution is 7.85. The minimum Gasteiger partial charge on any atom is -0.289 e. The van der Waals surface area contributed by atoms with E-state index in [0.29, 0.717) is 5.92 Å². The molecule has 3 heteroatoms. The second-order valence-corrected chi connectivity index (χ2v) is 9.51. The van der Waals surface area contributed by atoms with Crippen molar-refractivity contribution < 1.29 is 9.00 Å². The zero-order valence-electron chi connectivity index (χ0n) is 18.3. The first-order valence-electron chi connectivity index (χ1n) is 10.8. The van der Waals surface area contributed by atoms with E-state index in [2.05, 4.69) is 26.0 Å². The number of hydrogen-bond acceptors (Lipinski definition) is 2. The van der Waals surface area contributed by atoms with Crippen molar-refractivity contribution in [2.75, 3.05) is 0 Å². The summed E-state index contributed by atoms with van der Waals surface area (Å²) in [6.45, 7) is 4.39. The average molecular weight is 439 g/mol. The third-order valence-corrected chi connectivity index (χ3v) is 7.18. The topological polar surface area (TPSA) is 34.1 Å². The predicted octanol–water partition coefficient (Wildman–Crippen LogP) is 6.80. The van der Waals surface area contributed by atoms with Gasteiger partial charge < -0.3 is 0 Å². The van der Waals surface area contributed by atoms with E-state index in [1.165, 1.54) is 16.7 Å². The van der Waals surface area contributed by atoms with Crippen molar-refractivity contribution in [2.24, 2.45) is 0 Å². The maximum atomic E-state index is 12.6. The fraction of sp³-hybridized carbons (Fsp3) is 0.138. The van der Waals surface area contributed by atoms with Gasteiger partial charge in [-0.25, -0.2) is 4.21 Å². The number of ketones is 1. The Labute approximate surface area is 192 Å². The van der Waals surface area contributed by atoms with Gasteiger partial charge in [-0.15, -0.1) is 0 Å². The smallest absolute Gasteiger partial charge is 0.193 e. The van der Waals surface area contributed by atoms with Crippen LogP contribution in [0.25, 0.3) is 0 Å². The Morgan fingerprint density at radius 3 is 1.81 bits per heavy atom. The van der Waals surface area contributed by atoms with Crippen molar-refractivity contribution in [1.29, 1.82) is 0 Å². The highest BCUT2D eigenvalue weighted by atomic mass is 32.2. The Bertz CT molecular complexity index is 1200. The van der Waals surface area contributed by atoms with Crippen LogP contribution >= 0.6 is 0 Å². The van der Waals surface area contributed by atoms with Crippen molar-refractivity contribution in [3.05, 3.63) is 131 Å². The number of carbonyl (C=O) groups excluding carboxylic acids is 1. The molecule has 160 valence electrons. The second kappa shape index (κ2) is 9.88. The first kappa shape index (κ1) is 21.9. The maximum Gasteiger partial charge on any atom is 0.193 e. The molecule has 0 N–H and O–H groups in total. The monoisotopic (exact) mass is 438 g/mol. The molecule has 5 rings (SSSR count). The molecule has 32 heavy (non-hydrogen) atoms. The van der Waals surface area contributed by atoms with Crippen LogP contribution < -0.4 is 0 Å². The Morgan fingerprint density at radius 2 is 1.22 bits per heavy atom. The minimum absolute atomic E-state index is 0.0752. The summed E-state index contributed by atoms with van der Waals surface area (Å²) in [7, 11) is -1.02. The first-order chi connectivity index (χ1) is 15.6. The summed E-state index contributed by atoms with van der Waals surface area (Å²) in [5.74, 6) is 0.549. The second-order valence-electron chi connectivity index (χ2n) is 8.09. The molecular formula is C29H26O2S. The number of hydrogen-bond donors (Lipinski definition) is 0. The average Bonchev–Trinajstić information content (AvgIpc) is 2.85. The van der Waals surface area contributed by atoms with Crippen molar-refractivity contribution in [2.45, 2.75) is 36.0 Å². The van der Waals surface area contributed by atoms with E-state index in [0.717, 1.165) is 27.3 Å². The zero-order valence-corrected chi connectivity index (χ0v) is 19.1. The van der Waals surface area contributed by atoms with E-state index in [9.17, 15) is 9.00 Å². The molecule has 1 aliphatic rings. The first-order valence-corrected chi connectivity index (χ1v) is 12.0. The van der Waals surface area contributed by atoms with E-state index in [1.807, 2.05) is 91.0 Å². The molecule has 1 unspecified atom stereocenters. The third kappa shape index (κ3) is 4.63. The molecule has 2 nitrogen and oxygen atoms in total. The lowest BCUT2D eigenvalue weighted by atomic mass is 9.92. The van der Waals surface area contributed by atoms with Crippen LogP contribution in [0.3, 0.4) is 0 Å². The third-order valence-electron chi connectivity index (χ3n) is 5.60. The van der Waals surface area contributed by atoms with E-state index in [1.54, 1.807) is 0 Å². The van der Waals surface area contributed by atoms with Crippen LogP contribution in [0.5, 0.6) is 0 Å². The molecule has 1 heterocycles. The van der Waals surface area contributed by atoms with Crippen LogP contribution in [-0.2, 0) is 17.2 Å². The fourth-order valence-corrected chi connectivity index (χ4v) is 5.41. The van der Waals surface area contributed by atoms with Gasteiger partial charge in [0.25, 0.3) is 0 Å². The van der Waals surface area contributed by atoms with Crippen LogP contribution in [0.1, 0.15) is 52.4 Å².